The standard InChI is InChI=1S/C16H22ClNO2/c1-15(2,3)20-14(19)16(7-9-18-10-8-16)12-5-4-6-13(17)11-12/h4-6,11,18H,7-10H2,1-3H3. The maximum atomic E-state index is 12.8. The minimum atomic E-state index is -0.580. The van der Waals surface area contributed by atoms with E-state index in [-0.39, 0.29) is 5.97 Å². The number of halogens is 1. The van der Waals surface area contributed by atoms with Crippen molar-refractivity contribution in [3.8, 4) is 0 Å². The highest BCUT2D eigenvalue weighted by Crippen LogP contribution is 2.37. The number of benzene rings is 1. The molecular formula is C16H22ClNO2. The quantitative estimate of drug-likeness (QED) is 0.851. The van der Waals surface area contributed by atoms with E-state index in [4.69, 9.17) is 16.3 Å². The molecule has 0 spiro atoms. The van der Waals surface area contributed by atoms with Crippen LogP contribution in [0, 0.1) is 0 Å². The van der Waals surface area contributed by atoms with Gasteiger partial charge in [-0.3, -0.25) is 4.79 Å². The number of hydrogen-bond acceptors (Lipinski definition) is 3. The number of carbonyl (C=O) groups is 1. The molecule has 1 aliphatic rings. The van der Waals surface area contributed by atoms with E-state index in [0.717, 1.165) is 31.5 Å². The summed E-state index contributed by atoms with van der Waals surface area (Å²) in [4.78, 5) is 12.8. The molecule has 1 saturated heterocycles. The fraction of sp³-hybridized carbons (Fsp3) is 0.562. The first kappa shape index (κ1) is 15.3. The zero-order chi connectivity index (χ0) is 14.8. The van der Waals surface area contributed by atoms with Gasteiger partial charge in [-0.1, -0.05) is 23.7 Å². The molecule has 0 aromatic heterocycles. The van der Waals surface area contributed by atoms with Gasteiger partial charge < -0.3 is 10.1 Å². The molecule has 0 aliphatic carbocycles. The van der Waals surface area contributed by atoms with Crippen molar-refractivity contribution in [3.05, 3.63) is 34.9 Å². The van der Waals surface area contributed by atoms with Crippen LogP contribution < -0.4 is 5.32 Å². The van der Waals surface area contributed by atoms with Gasteiger partial charge in [-0.15, -0.1) is 0 Å². The van der Waals surface area contributed by atoms with Crippen LogP contribution >= 0.6 is 11.6 Å². The third-order valence-corrected chi connectivity index (χ3v) is 3.86. The van der Waals surface area contributed by atoms with Crippen LogP contribution in [0.3, 0.4) is 0 Å². The van der Waals surface area contributed by atoms with Crippen molar-refractivity contribution >= 4 is 17.6 Å². The van der Waals surface area contributed by atoms with E-state index in [1.165, 1.54) is 0 Å². The van der Waals surface area contributed by atoms with Crippen molar-refractivity contribution in [3.63, 3.8) is 0 Å². The van der Waals surface area contributed by atoms with Crippen molar-refractivity contribution in [2.45, 2.75) is 44.6 Å². The minimum Gasteiger partial charge on any atom is -0.459 e. The van der Waals surface area contributed by atoms with Gasteiger partial charge in [0.2, 0.25) is 0 Å². The Morgan fingerprint density at radius 3 is 2.50 bits per heavy atom. The highest BCUT2D eigenvalue weighted by molar-refractivity contribution is 6.30. The second kappa shape index (κ2) is 5.74. The number of hydrogen-bond donors (Lipinski definition) is 1. The van der Waals surface area contributed by atoms with Gasteiger partial charge >= 0.3 is 5.97 Å². The Hall–Kier alpha value is -1.06. The van der Waals surface area contributed by atoms with Gasteiger partial charge in [0.05, 0.1) is 5.41 Å². The zero-order valence-corrected chi connectivity index (χ0v) is 13.1. The van der Waals surface area contributed by atoms with Crippen LogP contribution in [-0.2, 0) is 14.9 Å². The highest BCUT2D eigenvalue weighted by atomic mass is 35.5. The first-order chi connectivity index (χ1) is 9.33. The van der Waals surface area contributed by atoms with Gasteiger partial charge in [-0.2, -0.15) is 0 Å². The van der Waals surface area contributed by atoms with E-state index < -0.39 is 11.0 Å². The lowest BCUT2D eigenvalue weighted by Crippen LogP contribution is -2.48. The number of ether oxygens (including phenoxy) is 1. The molecule has 1 fully saturated rings. The molecule has 0 unspecified atom stereocenters. The van der Waals surface area contributed by atoms with Crippen LogP contribution in [0.1, 0.15) is 39.2 Å². The Kier molecular flexibility index (Phi) is 4.40. The molecule has 0 saturated carbocycles. The average molecular weight is 296 g/mol. The Morgan fingerprint density at radius 1 is 1.30 bits per heavy atom. The Balaban J connectivity index is 2.37. The molecule has 0 atom stereocenters. The third-order valence-electron chi connectivity index (χ3n) is 3.62. The number of esters is 1. The lowest BCUT2D eigenvalue weighted by Gasteiger charge is -2.38. The predicted octanol–water partition coefficient (Wildman–Crippen LogP) is 3.30. The maximum Gasteiger partial charge on any atom is 0.317 e. The first-order valence-corrected chi connectivity index (χ1v) is 7.41. The number of piperidine rings is 1. The Labute approximate surface area is 125 Å². The van der Waals surface area contributed by atoms with Crippen LogP contribution in [0.5, 0.6) is 0 Å². The summed E-state index contributed by atoms with van der Waals surface area (Å²) in [5.74, 6) is -0.145. The summed E-state index contributed by atoms with van der Waals surface area (Å²) in [5, 5.41) is 3.96. The molecule has 1 aromatic rings. The van der Waals surface area contributed by atoms with Crippen LogP contribution in [0.25, 0.3) is 0 Å². The summed E-state index contributed by atoms with van der Waals surface area (Å²) in [5.41, 5.74) is -0.0995. The predicted molar refractivity (Wildman–Crippen MR) is 81.1 cm³/mol. The van der Waals surface area contributed by atoms with E-state index in [0.29, 0.717) is 5.02 Å². The fourth-order valence-corrected chi connectivity index (χ4v) is 2.82. The van der Waals surface area contributed by atoms with Crippen molar-refractivity contribution in [2.75, 3.05) is 13.1 Å². The topological polar surface area (TPSA) is 38.3 Å². The maximum absolute atomic E-state index is 12.8. The normalized spacial score (nSPS) is 18.6. The molecule has 1 heterocycles. The van der Waals surface area contributed by atoms with Crippen molar-refractivity contribution in [1.82, 2.24) is 5.32 Å². The Bertz CT molecular complexity index is 487. The SMILES string of the molecule is CC(C)(C)OC(=O)C1(c2cccc(Cl)c2)CCNCC1. The molecule has 110 valence electrons. The first-order valence-electron chi connectivity index (χ1n) is 7.04. The smallest absolute Gasteiger partial charge is 0.317 e. The van der Waals surface area contributed by atoms with E-state index in [1.807, 2.05) is 45.0 Å². The summed E-state index contributed by atoms with van der Waals surface area (Å²) >= 11 is 6.10. The third kappa shape index (κ3) is 3.33. The zero-order valence-electron chi connectivity index (χ0n) is 12.3. The molecule has 0 bridgehead atoms. The summed E-state index contributed by atoms with van der Waals surface area (Å²) in [6.45, 7) is 7.32. The lowest BCUT2D eigenvalue weighted by atomic mass is 9.73. The van der Waals surface area contributed by atoms with Crippen LogP contribution in [0.4, 0.5) is 0 Å². The van der Waals surface area contributed by atoms with Gasteiger partial charge in [0.25, 0.3) is 0 Å². The monoisotopic (exact) mass is 295 g/mol. The second-order valence-corrected chi connectivity index (χ2v) is 6.78. The summed E-state index contributed by atoms with van der Waals surface area (Å²) < 4.78 is 5.67. The summed E-state index contributed by atoms with van der Waals surface area (Å²) in [6.07, 6.45) is 1.48. The highest BCUT2D eigenvalue weighted by Gasteiger charge is 2.44. The van der Waals surface area contributed by atoms with Gasteiger partial charge in [0.1, 0.15) is 5.60 Å². The molecule has 0 amide bonds. The number of nitrogens with one attached hydrogen (secondary N) is 1. The minimum absolute atomic E-state index is 0.145. The van der Waals surface area contributed by atoms with Crippen LogP contribution in [0.15, 0.2) is 24.3 Å². The molecule has 1 aliphatic heterocycles. The number of carbonyl (C=O) groups excluding carboxylic acids is 1. The molecular weight excluding hydrogens is 274 g/mol. The molecule has 4 heteroatoms. The van der Waals surface area contributed by atoms with Gasteiger partial charge in [0.15, 0.2) is 0 Å². The molecule has 20 heavy (non-hydrogen) atoms. The van der Waals surface area contributed by atoms with E-state index in [1.54, 1.807) is 0 Å². The lowest BCUT2D eigenvalue weighted by molar-refractivity contribution is -0.163. The molecule has 1 N–H and O–H groups in total. The Morgan fingerprint density at radius 2 is 1.95 bits per heavy atom. The molecule has 2 rings (SSSR count). The fourth-order valence-electron chi connectivity index (χ4n) is 2.63. The van der Waals surface area contributed by atoms with Crippen molar-refractivity contribution in [1.29, 1.82) is 0 Å². The van der Waals surface area contributed by atoms with Crippen LogP contribution in [0.2, 0.25) is 5.02 Å². The van der Waals surface area contributed by atoms with Crippen LogP contribution in [-0.4, -0.2) is 24.7 Å². The van der Waals surface area contributed by atoms with Crippen molar-refractivity contribution < 1.29 is 9.53 Å². The van der Waals surface area contributed by atoms with E-state index >= 15 is 0 Å². The van der Waals surface area contributed by atoms with Gasteiger partial charge in [-0.05, 0) is 64.4 Å². The van der Waals surface area contributed by atoms with Gasteiger partial charge in [-0.25, -0.2) is 0 Å². The summed E-state index contributed by atoms with van der Waals surface area (Å²) in [7, 11) is 0. The molecule has 1 aromatic carbocycles. The van der Waals surface area contributed by atoms with E-state index in [2.05, 4.69) is 5.32 Å². The average Bonchev–Trinajstić information content (AvgIpc) is 2.37. The second-order valence-electron chi connectivity index (χ2n) is 6.34. The molecule has 3 nitrogen and oxygen atoms in total. The van der Waals surface area contributed by atoms with Crippen molar-refractivity contribution in [2.24, 2.45) is 0 Å². The largest absolute Gasteiger partial charge is 0.459 e. The molecule has 0 radical (unpaired) electrons. The summed E-state index contributed by atoms with van der Waals surface area (Å²) in [6, 6.07) is 7.58. The van der Waals surface area contributed by atoms with E-state index in [9.17, 15) is 4.79 Å². The van der Waals surface area contributed by atoms with Gasteiger partial charge in [0, 0.05) is 5.02 Å². The number of rotatable bonds is 2.